The predicted octanol–water partition coefficient (Wildman–Crippen LogP) is 1.35. The van der Waals surface area contributed by atoms with Gasteiger partial charge in [0.25, 0.3) is 0 Å². The maximum atomic E-state index is 12.4. The first-order chi connectivity index (χ1) is 9.20. The molecule has 4 heteroatoms. The van der Waals surface area contributed by atoms with Crippen molar-refractivity contribution in [1.82, 2.24) is 10.2 Å². The third-order valence-electron chi connectivity index (χ3n) is 5.14. The number of carbonyl (C=O) groups is 1. The molecule has 4 nitrogen and oxygen atoms in total. The van der Waals surface area contributed by atoms with Gasteiger partial charge in [0.15, 0.2) is 0 Å². The van der Waals surface area contributed by atoms with E-state index in [1.54, 1.807) is 0 Å². The number of amides is 1. The molecule has 2 fully saturated rings. The average Bonchev–Trinajstić information content (AvgIpc) is 2.95. The van der Waals surface area contributed by atoms with Crippen molar-refractivity contribution in [3.8, 4) is 0 Å². The molecule has 110 valence electrons. The van der Waals surface area contributed by atoms with Crippen molar-refractivity contribution in [3.05, 3.63) is 0 Å². The van der Waals surface area contributed by atoms with Gasteiger partial charge in [0, 0.05) is 13.1 Å². The van der Waals surface area contributed by atoms with Gasteiger partial charge < -0.3 is 16.0 Å². The van der Waals surface area contributed by atoms with Crippen LogP contribution in [-0.2, 0) is 4.79 Å². The molecule has 0 bridgehead atoms. The lowest BCUT2D eigenvalue weighted by Crippen LogP contribution is -2.46. The van der Waals surface area contributed by atoms with Crippen molar-refractivity contribution in [2.75, 3.05) is 32.7 Å². The minimum absolute atomic E-state index is 0.213. The highest BCUT2D eigenvalue weighted by Crippen LogP contribution is 2.37. The standard InChI is InChI=1S/C15H29N3O/c1-2-18-9-5-13(6-10-18)11-17-14(19)15(12-16)7-3-4-8-15/h13H,2-12,16H2,1H3,(H,17,19). The third-order valence-corrected chi connectivity index (χ3v) is 5.14. The van der Waals surface area contributed by atoms with E-state index < -0.39 is 0 Å². The molecule has 0 atom stereocenters. The fourth-order valence-electron chi connectivity index (χ4n) is 3.51. The number of carbonyl (C=O) groups excluding carboxylic acids is 1. The van der Waals surface area contributed by atoms with Crippen molar-refractivity contribution in [1.29, 1.82) is 0 Å². The normalized spacial score (nSPS) is 24.5. The second-order valence-corrected chi connectivity index (χ2v) is 6.28. The summed E-state index contributed by atoms with van der Waals surface area (Å²) in [5, 5.41) is 3.18. The van der Waals surface area contributed by atoms with Crippen molar-refractivity contribution >= 4 is 5.91 Å². The van der Waals surface area contributed by atoms with Gasteiger partial charge in [0.05, 0.1) is 5.41 Å². The Morgan fingerprint density at radius 2 is 1.95 bits per heavy atom. The molecule has 2 aliphatic rings. The largest absolute Gasteiger partial charge is 0.355 e. The van der Waals surface area contributed by atoms with Crippen molar-refractivity contribution in [3.63, 3.8) is 0 Å². The minimum atomic E-state index is -0.246. The predicted molar refractivity (Wildman–Crippen MR) is 77.8 cm³/mol. The van der Waals surface area contributed by atoms with Gasteiger partial charge >= 0.3 is 0 Å². The second-order valence-electron chi connectivity index (χ2n) is 6.28. The Labute approximate surface area is 117 Å². The van der Waals surface area contributed by atoms with Crippen LogP contribution >= 0.6 is 0 Å². The Bertz CT molecular complexity index is 292. The monoisotopic (exact) mass is 267 g/mol. The molecular weight excluding hydrogens is 238 g/mol. The van der Waals surface area contributed by atoms with E-state index in [2.05, 4.69) is 17.1 Å². The molecule has 0 spiro atoms. The molecule has 0 aromatic heterocycles. The summed E-state index contributed by atoms with van der Waals surface area (Å²) in [5.74, 6) is 0.869. The van der Waals surface area contributed by atoms with Gasteiger partial charge in [-0.2, -0.15) is 0 Å². The van der Waals surface area contributed by atoms with E-state index in [-0.39, 0.29) is 11.3 Å². The van der Waals surface area contributed by atoms with Gasteiger partial charge in [-0.1, -0.05) is 19.8 Å². The van der Waals surface area contributed by atoms with E-state index in [1.807, 2.05) is 0 Å². The highest BCUT2D eigenvalue weighted by molar-refractivity contribution is 5.83. The molecule has 19 heavy (non-hydrogen) atoms. The van der Waals surface area contributed by atoms with Crippen molar-refractivity contribution in [2.45, 2.75) is 45.4 Å². The topological polar surface area (TPSA) is 58.4 Å². The first-order valence-corrected chi connectivity index (χ1v) is 7.91. The van der Waals surface area contributed by atoms with Crippen LogP contribution in [0.25, 0.3) is 0 Å². The summed E-state index contributed by atoms with van der Waals surface area (Å²) in [6.07, 6.45) is 6.68. The molecule has 1 aliphatic carbocycles. The van der Waals surface area contributed by atoms with E-state index in [0.717, 1.165) is 38.8 Å². The fraction of sp³-hybridized carbons (Fsp3) is 0.933. The first-order valence-electron chi connectivity index (χ1n) is 7.91. The average molecular weight is 267 g/mol. The Morgan fingerprint density at radius 3 is 2.47 bits per heavy atom. The lowest BCUT2D eigenvalue weighted by Gasteiger charge is -2.32. The Kier molecular flexibility index (Phi) is 5.22. The van der Waals surface area contributed by atoms with Crippen LogP contribution < -0.4 is 11.1 Å². The maximum absolute atomic E-state index is 12.4. The number of rotatable bonds is 5. The van der Waals surface area contributed by atoms with Gasteiger partial charge in [-0.15, -0.1) is 0 Å². The highest BCUT2D eigenvalue weighted by Gasteiger charge is 2.39. The molecule has 2 rings (SSSR count). The number of nitrogens with one attached hydrogen (secondary N) is 1. The molecule has 0 aromatic rings. The molecular formula is C15H29N3O. The van der Waals surface area contributed by atoms with Crippen LogP contribution in [0.4, 0.5) is 0 Å². The Morgan fingerprint density at radius 1 is 1.32 bits per heavy atom. The second kappa shape index (κ2) is 6.71. The maximum Gasteiger partial charge on any atom is 0.227 e. The van der Waals surface area contributed by atoms with Crippen LogP contribution in [0, 0.1) is 11.3 Å². The molecule has 1 saturated heterocycles. The zero-order valence-electron chi connectivity index (χ0n) is 12.3. The van der Waals surface area contributed by atoms with E-state index in [4.69, 9.17) is 5.73 Å². The molecule has 3 N–H and O–H groups in total. The van der Waals surface area contributed by atoms with Gasteiger partial charge in [0.1, 0.15) is 0 Å². The number of hydrogen-bond donors (Lipinski definition) is 2. The molecule has 0 unspecified atom stereocenters. The van der Waals surface area contributed by atoms with Crippen LogP contribution in [-0.4, -0.2) is 43.5 Å². The van der Waals surface area contributed by atoms with Crippen molar-refractivity contribution in [2.24, 2.45) is 17.1 Å². The summed E-state index contributed by atoms with van der Waals surface area (Å²) >= 11 is 0. The molecule has 0 aromatic carbocycles. The van der Waals surface area contributed by atoms with Crippen LogP contribution in [0.3, 0.4) is 0 Å². The van der Waals surface area contributed by atoms with Crippen LogP contribution in [0.15, 0.2) is 0 Å². The summed E-state index contributed by atoms with van der Waals surface area (Å²) in [6.45, 7) is 7.08. The summed E-state index contributed by atoms with van der Waals surface area (Å²) in [7, 11) is 0. The smallest absolute Gasteiger partial charge is 0.227 e. The van der Waals surface area contributed by atoms with E-state index in [9.17, 15) is 4.79 Å². The lowest BCUT2D eigenvalue weighted by molar-refractivity contribution is -0.130. The van der Waals surface area contributed by atoms with Crippen molar-refractivity contribution < 1.29 is 4.79 Å². The first kappa shape index (κ1) is 14.8. The zero-order chi connectivity index (χ0) is 13.7. The summed E-state index contributed by atoms with van der Waals surface area (Å²) in [4.78, 5) is 14.8. The van der Waals surface area contributed by atoms with Crippen LogP contribution in [0.1, 0.15) is 45.4 Å². The van der Waals surface area contributed by atoms with E-state index in [1.165, 1.54) is 25.9 Å². The summed E-state index contributed by atoms with van der Waals surface area (Å²) in [6, 6.07) is 0. The number of piperidine rings is 1. The van der Waals surface area contributed by atoms with E-state index in [0.29, 0.717) is 12.5 Å². The minimum Gasteiger partial charge on any atom is -0.355 e. The molecule has 1 aliphatic heterocycles. The number of likely N-dealkylation sites (tertiary alicyclic amines) is 1. The van der Waals surface area contributed by atoms with Crippen LogP contribution in [0.2, 0.25) is 0 Å². The van der Waals surface area contributed by atoms with Crippen LogP contribution in [0.5, 0.6) is 0 Å². The van der Waals surface area contributed by atoms with Gasteiger partial charge in [0.2, 0.25) is 5.91 Å². The highest BCUT2D eigenvalue weighted by atomic mass is 16.2. The molecule has 1 saturated carbocycles. The summed E-state index contributed by atoms with van der Waals surface area (Å²) < 4.78 is 0. The summed E-state index contributed by atoms with van der Waals surface area (Å²) in [5.41, 5.74) is 5.60. The van der Waals surface area contributed by atoms with Gasteiger partial charge in [-0.05, 0) is 51.2 Å². The number of hydrogen-bond acceptors (Lipinski definition) is 3. The Balaban J connectivity index is 1.74. The quantitative estimate of drug-likeness (QED) is 0.790. The molecule has 1 amide bonds. The van der Waals surface area contributed by atoms with Gasteiger partial charge in [-0.25, -0.2) is 0 Å². The molecule has 1 heterocycles. The third kappa shape index (κ3) is 3.48. The zero-order valence-corrected chi connectivity index (χ0v) is 12.3. The number of nitrogens with two attached hydrogens (primary N) is 1. The molecule has 0 radical (unpaired) electrons. The van der Waals surface area contributed by atoms with Gasteiger partial charge in [-0.3, -0.25) is 4.79 Å². The fourth-order valence-corrected chi connectivity index (χ4v) is 3.51. The SMILES string of the molecule is CCN1CCC(CNC(=O)C2(CN)CCCC2)CC1. The Hall–Kier alpha value is -0.610. The number of nitrogens with zero attached hydrogens (tertiary/aromatic N) is 1. The lowest BCUT2D eigenvalue weighted by atomic mass is 9.85. The van der Waals surface area contributed by atoms with E-state index >= 15 is 0 Å².